The van der Waals surface area contributed by atoms with Gasteiger partial charge in [0, 0.05) is 29.7 Å². The van der Waals surface area contributed by atoms with E-state index in [9.17, 15) is 9.59 Å². The van der Waals surface area contributed by atoms with Crippen LogP contribution in [0, 0.1) is 12.8 Å². The number of hydrogen-bond donors (Lipinski definition) is 1. The topological polar surface area (TPSA) is 49.4 Å². The zero-order chi connectivity index (χ0) is 15.6. The highest BCUT2D eigenvalue weighted by molar-refractivity contribution is 6.31. The molecule has 2 atom stereocenters. The van der Waals surface area contributed by atoms with Gasteiger partial charge in [-0.05, 0) is 38.0 Å². The molecule has 0 saturated carbocycles. The number of anilines is 1. The van der Waals surface area contributed by atoms with E-state index in [1.54, 1.807) is 11.0 Å². The number of hydrogen-bond acceptors (Lipinski definition) is 2. The molecule has 5 heteroatoms. The minimum Gasteiger partial charge on any atom is -0.353 e. The van der Waals surface area contributed by atoms with Gasteiger partial charge in [0.2, 0.25) is 11.8 Å². The monoisotopic (exact) mass is 308 g/mol. The van der Waals surface area contributed by atoms with Gasteiger partial charge in [-0.1, -0.05) is 24.6 Å². The van der Waals surface area contributed by atoms with Gasteiger partial charge in [-0.25, -0.2) is 0 Å². The Morgan fingerprint density at radius 3 is 2.90 bits per heavy atom. The van der Waals surface area contributed by atoms with E-state index in [0.717, 1.165) is 17.7 Å². The van der Waals surface area contributed by atoms with E-state index < -0.39 is 0 Å². The van der Waals surface area contributed by atoms with Gasteiger partial charge in [-0.3, -0.25) is 9.59 Å². The lowest BCUT2D eigenvalue weighted by Crippen LogP contribution is -2.38. The van der Waals surface area contributed by atoms with E-state index in [1.165, 1.54) is 0 Å². The largest absolute Gasteiger partial charge is 0.353 e. The Morgan fingerprint density at radius 2 is 2.24 bits per heavy atom. The summed E-state index contributed by atoms with van der Waals surface area (Å²) in [6.45, 7) is 6.29. The number of rotatable bonds is 4. The lowest BCUT2D eigenvalue weighted by molar-refractivity contribution is -0.126. The summed E-state index contributed by atoms with van der Waals surface area (Å²) in [5.74, 6) is -0.352. The second-order valence-electron chi connectivity index (χ2n) is 5.61. The van der Waals surface area contributed by atoms with E-state index in [4.69, 9.17) is 11.6 Å². The van der Waals surface area contributed by atoms with Crippen molar-refractivity contribution < 1.29 is 9.59 Å². The van der Waals surface area contributed by atoms with Gasteiger partial charge in [0.15, 0.2) is 0 Å². The molecule has 1 N–H and O–H groups in total. The zero-order valence-electron chi connectivity index (χ0n) is 12.6. The van der Waals surface area contributed by atoms with Crippen molar-refractivity contribution >= 4 is 29.1 Å². The summed E-state index contributed by atoms with van der Waals surface area (Å²) in [5.41, 5.74) is 1.67. The second kappa shape index (κ2) is 6.48. The van der Waals surface area contributed by atoms with Crippen LogP contribution in [-0.2, 0) is 9.59 Å². The quantitative estimate of drug-likeness (QED) is 0.929. The average molecular weight is 309 g/mol. The van der Waals surface area contributed by atoms with Crippen LogP contribution in [0.25, 0.3) is 0 Å². The van der Waals surface area contributed by atoms with Crippen molar-refractivity contribution in [3.63, 3.8) is 0 Å². The number of nitrogens with one attached hydrogen (secondary N) is 1. The van der Waals surface area contributed by atoms with Gasteiger partial charge < -0.3 is 10.2 Å². The fourth-order valence-electron chi connectivity index (χ4n) is 2.47. The molecule has 114 valence electrons. The zero-order valence-corrected chi connectivity index (χ0v) is 13.4. The molecular formula is C16H21ClN2O2. The summed E-state index contributed by atoms with van der Waals surface area (Å²) in [6, 6.07) is 5.63. The number of benzene rings is 1. The molecule has 1 aromatic carbocycles. The van der Waals surface area contributed by atoms with Gasteiger partial charge in [-0.2, -0.15) is 0 Å². The highest BCUT2D eigenvalue weighted by Gasteiger charge is 2.36. The van der Waals surface area contributed by atoms with Gasteiger partial charge in [-0.15, -0.1) is 0 Å². The fraction of sp³-hybridized carbons (Fsp3) is 0.500. The molecule has 1 saturated heterocycles. The highest BCUT2D eigenvalue weighted by Crippen LogP contribution is 2.31. The summed E-state index contributed by atoms with van der Waals surface area (Å²) in [6.07, 6.45) is 1.14. The Kier molecular flexibility index (Phi) is 4.88. The number of amides is 2. The first kappa shape index (κ1) is 15.8. The van der Waals surface area contributed by atoms with E-state index in [-0.39, 0.29) is 30.2 Å². The van der Waals surface area contributed by atoms with Crippen LogP contribution in [0.1, 0.15) is 32.3 Å². The van der Waals surface area contributed by atoms with Crippen LogP contribution in [0.3, 0.4) is 0 Å². The number of carbonyl (C=O) groups is 2. The van der Waals surface area contributed by atoms with Crippen molar-refractivity contribution in [2.75, 3.05) is 11.4 Å². The maximum absolute atomic E-state index is 12.2. The van der Waals surface area contributed by atoms with Crippen molar-refractivity contribution in [2.24, 2.45) is 5.92 Å². The molecule has 21 heavy (non-hydrogen) atoms. The number of nitrogens with zero attached hydrogens (tertiary/aromatic N) is 1. The van der Waals surface area contributed by atoms with E-state index in [0.29, 0.717) is 11.6 Å². The summed E-state index contributed by atoms with van der Waals surface area (Å²) in [7, 11) is 0. The van der Waals surface area contributed by atoms with Crippen LogP contribution in [0.2, 0.25) is 5.02 Å². The third kappa shape index (κ3) is 3.38. The minimum absolute atomic E-state index is 0.0235. The van der Waals surface area contributed by atoms with Crippen LogP contribution in [0.4, 0.5) is 5.69 Å². The first-order valence-electron chi connectivity index (χ1n) is 7.29. The molecule has 1 aliphatic heterocycles. The molecule has 0 bridgehead atoms. The molecule has 1 heterocycles. The third-order valence-corrected chi connectivity index (χ3v) is 4.44. The smallest absolute Gasteiger partial charge is 0.227 e. The number of halogens is 1. The predicted molar refractivity (Wildman–Crippen MR) is 84.5 cm³/mol. The summed E-state index contributed by atoms with van der Waals surface area (Å²) in [4.78, 5) is 26.1. The molecular weight excluding hydrogens is 288 g/mol. The molecule has 4 nitrogen and oxygen atoms in total. The molecule has 0 spiro atoms. The van der Waals surface area contributed by atoms with E-state index in [2.05, 4.69) is 5.32 Å². The standard InChI is InChI=1S/C16H21ClN2O2/c1-4-10(2)18-16(21)12-8-15(20)19(9-12)14-7-5-6-13(17)11(14)3/h5-7,10,12H,4,8-9H2,1-3H3,(H,18,21)/t10-,12+/m0/s1. The molecule has 1 aliphatic rings. The summed E-state index contributed by atoms with van der Waals surface area (Å²) in [5, 5.41) is 3.58. The Morgan fingerprint density at radius 1 is 1.52 bits per heavy atom. The van der Waals surface area contributed by atoms with Crippen LogP contribution >= 0.6 is 11.6 Å². The second-order valence-corrected chi connectivity index (χ2v) is 6.01. The van der Waals surface area contributed by atoms with Crippen molar-refractivity contribution in [1.82, 2.24) is 5.32 Å². The maximum atomic E-state index is 12.2. The SMILES string of the molecule is CC[C@H](C)NC(=O)[C@@H]1CC(=O)N(c2cccc(Cl)c2C)C1. The van der Waals surface area contributed by atoms with Gasteiger partial charge in [0.05, 0.1) is 5.92 Å². The Bertz CT molecular complexity index is 559. The molecule has 0 aromatic heterocycles. The molecule has 0 radical (unpaired) electrons. The minimum atomic E-state index is -0.287. The van der Waals surface area contributed by atoms with Crippen LogP contribution in [-0.4, -0.2) is 24.4 Å². The van der Waals surface area contributed by atoms with Gasteiger partial charge in [0.1, 0.15) is 0 Å². The van der Waals surface area contributed by atoms with Crippen LogP contribution in [0.15, 0.2) is 18.2 Å². The van der Waals surface area contributed by atoms with Crippen molar-refractivity contribution in [3.8, 4) is 0 Å². The number of carbonyl (C=O) groups excluding carboxylic acids is 2. The first-order chi connectivity index (χ1) is 9.93. The normalized spacial score (nSPS) is 19.7. The predicted octanol–water partition coefficient (Wildman–Crippen LogP) is 2.92. The lowest BCUT2D eigenvalue weighted by atomic mass is 10.1. The lowest BCUT2D eigenvalue weighted by Gasteiger charge is -2.20. The van der Waals surface area contributed by atoms with Crippen molar-refractivity contribution in [2.45, 2.75) is 39.7 Å². The van der Waals surface area contributed by atoms with Crippen LogP contribution in [0.5, 0.6) is 0 Å². The van der Waals surface area contributed by atoms with E-state index in [1.807, 2.05) is 32.9 Å². The molecule has 0 aliphatic carbocycles. The molecule has 2 amide bonds. The van der Waals surface area contributed by atoms with E-state index >= 15 is 0 Å². The molecule has 1 aromatic rings. The average Bonchev–Trinajstić information content (AvgIpc) is 2.83. The maximum Gasteiger partial charge on any atom is 0.227 e. The Hall–Kier alpha value is -1.55. The fourth-order valence-corrected chi connectivity index (χ4v) is 2.64. The Balaban J connectivity index is 2.13. The van der Waals surface area contributed by atoms with Crippen LogP contribution < -0.4 is 10.2 Å². The summed E-state index contributed by atoms with van der Waals surface area (Å²) < 4.78 is 0. The first-order valence-corrected chi connectivity index (χ1v) is 7.67. The molecule has 2 rings (SSSR count). The Labute approximate surface area is 130 Å². The molecule has 1 fully saturated rings. The van der Waals surface area contributed by atoms with Crippen molar-refractivity contribution in [3.05, 3.63) is 28.8 Å². The van der Waals surface area contributed by atoms with Crippen molar-refractivity contribution in [1.29, 1.82) is 0 Å². The van der Waals surface area contributed by atoms with Gasteiger partial charge in [0.25, 0.3) is 0 Å². The highest BCUT2D eigenvalue weighted by atomic mass is 35.5. The molecule has 0 unspecified atom stereocenters. The van der Waals surface area contributed by atoms with Gasteiger partial charge >= 0.3 is 0 Å². The summed E-state index contributed by atoms with van der Waals surface area (Å²) >= 11 is 6.11. The third-order valence-electron chi connectivity index (χ3n) is 4.03.